The third kappa shape index (κ3) is 2.89. The van der Waals surface area contributed by atoms with E-state index in [1.165, 1.54) is 4.31 Å². The molecule has 1 rings (SSSR count). The second-order valence-corrected chi connectivity index (χ2v) is 6.26. The van der Waals surface area contributed by atoms with Gasteiger partial charge < -0.3 is 0 Å². The van der Waals surface area contributed by atoms with Crippen LogP contribution in [0.3, 0.4) is 0 Å². The number of hydrogen-bond acceptors (Lipinski definition) is 2. The SMILES string of the molecule is Cc1ccc(N(C)S(=O)(=O)CCCl)c(C)c1. The number of aryl methyl sites for hydroxylation is 2. The van der Waals surface area contributed by atoms with Crippen molar-refractivity contribution in [3.05, 3.63) is 29.3 Å². The minimum Gasteiger partial charge on any atom is -0.273 e. The average Bonchev–Trinajstić information content (AvgIpc) is 2.16. The van der Waals surface area contributed by atoms with Gasteiger partial charge in [-0.25, -0.2) is 8.42 Å². The second-order valence-electron chi connectivity index (χ2n) is 3.76. The lowest BCUT2D eigenvalue weighted by atomic mass is 10.1. The van der Waals surface area contributed by atoms with Gasteiger partial charge in [-0.3, -0.25) is 4.31 Å². The molecule has 0 amide bonds. The van der Waals surface area contributed by atoms with E-state index in [2.05, 4.69) is 0 Å². The molecule has 0 bridgehead atoms. The maximum absolute atomic E-state index is 11.8. The molecule has 0 aliphatic carbocycles. The second kappa shape index (κ2) is 5.06. The Hall–Kier alpha value is -0.740. The van der Waals surface area contributed by atoms with Crippen LogP contribution in [0.5, 0.6) is 0 Å². The van der Waals surface area contributed by atoms with Gasteiger partial charge in [0.25, 0.3) is 0 Å². The topological polar surface area (TPSA) is 37.4 Å². The highest BCUT2D eigenvalue weighted by Crippen LogP contribution is 2.22. The number of rotatable bonds is 4. The highest BCUT2D eigenvalue weighted by Gasteiger charge is 2.18. The Morgan fingerprint density at radius 2 is 1.94 bits per heavy atom. The molecule has 0 unspecified atom stereocenters. The lowest BCUT2D eigenvalue weighted by Gasteiger charge is -2.21. The van der Waals surface area contributed by atoms with E-state index < -0.39 is 10.0 Å². The van der Waals surface area contributed by atoms with E-state index in [1.807, 2.05) is 32.0 Å². The van der Waals surface area contributed by atoms with Gasteiger partial charge in [0.15, 0.2) is 0 Å². The van der Waals surface area contributed by atoms with Gasteiger partial charge in [0.05, 0.1) is 11.4 Å². The first kappa shape index (κ1) is 13.3. The fourth-order valence-electron chi connectivity index (χ4n) is 1.54. The summed E-state index contributed by atoms with van der Waals surface area (Å²) in [6.45, 7) is 3.87. The molecule has 0 aliphatic heterocycles. The van der Waals surface area contributed by atoms with Crippen LogP contribution in [-0.2, 0) is 10.0 Å². The van der Waals surface area contributed by atoms with Crippen molar-refractivity contribution in [2.45, 2.75) is 13.8 Å². The van der Waals surface area contributed by atoms with E-state index >= 15 is 0 Å². The Labute approximate surface area is 102 Å². The van der Waals surface area contributed by atoms with Gasteiger partial charge in [0.1, 0.15) is 0 Å². The summed E-state index contributed by atoms with van der Waals surface area (Å²) in [7, 11) is -1.74. The monoisotopic (exact) mass is 261 g/mol. The van der Waals surface area contributed by atoms with Crippen LogP contribution in [0, 0.1) is 13.8 Å². The summed E-state index contributed by atoms with van der Waals surface area (Å²) < 4.78 is 24.9. The normalized spacial score (nSPS) is 11.5. The van der Waals surface area contributed by atoms with Gasteiger partial charge in [-0.05, 0) is 25.5 Å². The van der Waals surface area contributed by atoms with Crippen LogP contribution in [0.1, 0.15) is 11.1 Å². The molecule has 0 saturated carbocycles. The van der Waals surface area contributed by atoms with Crippen molar-refractivity contribution in [2.75, 3.05) is 23.0 Å². The predicted molar refractivity (Wildman–Crippen MR) is 68.8 cm³/mol. The molecule has 0 N–H and O–H groups in total. The molecule has 3 nitrogen and oxygen atoms in total. The first-order chi connectivity index (χ1) is 7.38. The third-order valence-electron chi connectivity index (χ3n) is 2.44. The molecule has 90 valence electrons. The van der Waals surface area contributed by atoms with E-state index in [1.54, 1.807) is 7.05 Å². The molecule has 1 aromatic carbocycles. The van der Waals surface area contributed by atoms with E-state index in [-0.39, 0.29) is 11.6 Å². The molecule has 0 atom stereocenters. The highest BCUT2D eigenvalue weighted by atomic mass is 35.5. The van der Waals surface area contributed by atoms with Gasteiger partial charge in [-0.15, -0.1) is 11.6 Å². The molecule has 16 heavy (non-hydrogen) atoms. The zero-order valence-corrected chi connectivity index (χ0v) is 11.3. The molecule has 0 heterocycles. The van der Waals surface area contributed by atoms with Crippen molar-refractivity contribution in [3.63, 3.8) is 0 Å². The van der Waals surface area contributed by atoms with Crippen LogP contribution < -0.4 is 4.31 Å². The largest absolute Gasteiger partial charge is 0.273 e. The average molecular weight is 262 g/mol. The van der Waals surface area contributed by atoms with Crippen molar-refractivity contribution in [3.8, 4) is 0 Å². The number of alkyl halides is 1. The number of halogens is 1. The van der Waals surface area contributed by atoms with Gasteiger partial charge in [0.2, 0.25) is 10.0 Å². The highest BCUT2D eigenvalue weighted by molar-refractivity contribution is 7.92. The standard InChI is InChI=1S/C11H16ClNO2S/c1-9-4-5-11(10(2)8-9)13(3)16(14,15)7-6-12/h4-5,8H,6-7H2,1-3H3. The summed E-state index contributed by atoms with van der Waals surface area (Å²) >= 11 is 5.48. The summed E-state index contributed by atoms with van der Waals surface area (Å²) in [5.74, 6) is 0.0654. The molecule has 0 radical (unpaired) electrons. The molecule has 0 fully saturated rings. The van der Waals surface area contributed by atoms with Crippen molar-refractivity contribution >= 4 is 27.3 Å². The minimum atomic E-state index is -3.30. The molecule has 1 aromatic rings. The zero-order chi connectivity index (χ0) is 12.3. The smallest absolute Gasteiger partial charge is 0.236 e. The summed E-state index contributed by atoms with van der Waals surface area (Å²) in [5.41, 5.74) is 2.76. The summed E-state index contributed by atoms with van der Waals surface area (Å²) in [4.78, 5) is 0. The Kier molecular flexibility index (Phi) is 4.21. The molecule has 0 saturated heterocycles. The Morgan fingerprint density at radius 1 is 1.31 bits per heavy atom. The first-order valence-corrected chi connectivity index (χ1v) is 7.12. The van der Waals surface area contributed by atoms with Crippen LogP contribution in [0.2, 0.25) is 0 Å². The van der Waals surface area contributed by atoms with Crippen molar-refractivity contribution < 1.29 is 8.42 Å². The van der Waals surface area contributed by atoms with Gasteiger partial charge in [-0.1, -0.05) is 17.7 Å². The number of sulfonamides is 1. The van der Waals surface area contributed by atoms with Crippen LogP contribution >= 0.6 is 11.6 Å². The van der Waals surface area contributed by atoms with Crippen molar-refractivity contribution in [1.82, 2.24) is 0 Å². The van der Waals surface area contributed by atoms with E-state index in [0.29, 0.717) is 5.69 Å². The van der Waals surface area contributed by atoms with E-state index in [9.17, 15) is 8.42 Å². The molecule has 0 aromatic heterocycles. The maximum atomic E-state index is 11.8. The summed E-state index contributed by atoms with van der Waals surface area (Å²) in [6, 6.07) is 5.67. The lowest BCUT2D eigenvalue weighted by molar-refractivity contribution is 0.595. The van der Waals surface area contributed by atoms with Crippen LogP contribution in [0.25, 0.3) is 0 Å². The summed E-state index contributed by atoms with van der Waals surface area (Å²) in [6.07, 6.45) is 0. The number of hydrogen-bond donors (Lipinski definition) is 0. The van der Waals surface area contributed by atoms with Gasteiger partial charge >= 0.3 is 0 Å². The number of anilines is 1. The quantitative estimate of drug-likeness (QED) is 0.780. The lowest BCUT2D eigenvalue weighted by Crippen LogP contribution is -2.30. The molecular formula is C11H16ClNO2S. The summed E-state index contributed by atoms with van der Waals surface area (Å²) in [5, 5.41) is 0. The Bertz CT molecular complexity index is 471. The predicted octanol–water partition coefficient (Wildman–Crippen LogP) is 2.31. The van der Waals surface area contributed by atoms with Crippen LogP contribution in [-0.4, -0.2) is 27.1 Å². The van der Waals surface area contributed by atoms with Crippen LogP contribution in [0.4, 0.5) is 5.69 Å². The van der Waals surface area contributed by atoms with Crippen molar-refractivity contribution in [1.29, 1.82) is 0 Å². The van der Waals surface area contributed by atoms with E-state index in [4.69, 9.17) is 11.6 Å². The Morgan fingerprint density at radius 3 is 2.44 bits per heavy atom. The van der Waals surface area contributed by atoms with E-state index in [0.717, 1.165) is 11.1 Å². The first-order valence-electron chi connectivity index (χ1n) is 4.98. The molecule has 5 heteroatoms. The molecular weight excluding hydrogens is 246 g/mol. The zero-order valence-electron chi connectivity index (χ0n) is 9.70. The number of nitrogens with zero attached hydrogens (tertiary/aromatic N) is 1. The molecule has 0 aliphatic rings. The van der Waals surface area contributed by atoms with Gasteiger partial charge in [0, 0.05) is 12.9 Å². The Balaban J connectivity index is 3.10. The van der Waals surface area contributed by atoms with Gasteiger partial charge in [-0.2, -0.15) is 0 Å². The van der Waals surface area contributed by atoms with Crippen LogP contribution in [0.15, 0.2) is 18.2 Å². The van der Waals surface area contributed by atoms with Crippen molar-refractivity contribution in [2.24, 2.45) is 0 Å². The molecule has 0 spiro atoms. The fraction of sp³-hybridized carbons (Fsp3) is 0.455. The maximum Gasteiger partial charge on any atom is 0.236 e. The fourth-order valence-corrected chi connectivity index (χ4v) is 3.10. The minimum absolute atomic E-state index is 0.0433. The third-order valence-corrected chi connectivity index (χ3v) is 4.61. The number of benzene rings is 1.